The number of carbonyl (C=O) groups is 1. The van der Waals surface area contributed by atoms with E-state index in [-0.39, 0.29) is 5.97 Å². The normalized spacial score (nSPS) is 10.1. The highest BCUT2D eigenvalue weighted by Crippen LogP contribution is 2.18. The first-order chi connectivity index (χ1) is 7.72. The van der Waals surface area contributed by atoms with Gasteiger partial charge in [0.1, 0.15) is 0 Å². The summed E-state index contributed by atoms with van der Waals surface area (Å²) in [7, 11) is 3.30. The zero-order valence-electron chi connectivity index (χ0n) is 9.18. The minimum Gasteiger partial charge on any atom is -0.465 e. The zero-order valence-corrected chi connectivity index (χ0v) is 9.18. The summed E-state index contributed by atoms with van der Waals surface area (Å²) in [6.45, 7) is 0. The molecule has 0 spiro atoms. The molecular weight excluding hydrogens is 204 g/mol. The lowest BCUT2D eigenvalue weighted by Crippen LogP contribution is -2.00. The van der Waals surface area contributed by atoms with Crippen molar-refractivity contribution in [2.24, 2.45) is 7.05 Å². The van der Waals surface area contributed by atoms with Gasteiger partial charge in [-0.25, -0.2) is 9.78 Å². The molecule has 0 radical (unpaired) electrons. The summed E-state index contributed by atoms with van der Waals surface area (Å²) in [5.74, 6) is -0.323. The summed E-state index contributed by atoms with van der Waals surface area (Å²) in [6.07, 6.45) is 3.52. The van der Waals surface area contributed by atoms with Crippen LogP contribution in [-0.2, 0) is 11.8 Å². The van der Waals surface area contributed by atoms with Crippen LogP contribution in [0.1, 0.15) is 10.4 Å². The van der Waals surface area contributed by atoms with Crippen molar-refractivity contribution in [3.63, 3.8) is 0 Å². The fourth-order valence-corrected chi connectivity index (χ4v) is 1.53. The van der Waals surface area contributed by atoms with Gasteiger partial charge in [0.25, 0.3) is 0 Å². The van der Waals surface area contributed by atoms with Gasteiger partial charge in [0, 0.05) is 7.05 Å². The van der Waals surface area contributed by atoms with E-state index in [9.17, 15) is 4.79 Å². The molecule has 0 aliphatic rings. The summed E-state index contributed by atoms with van der Waals surface area (Å²) in [5.41, 5.74) is 2.58. The van der Waals surface area contributed by atoms with Crippen LogP contribution < -0.4 is 0 Å². The number of esters is 1. The van der Waals surface area contributed by atoms with Crippen molar-refractivity contribution in [3.05, 3.63) is 42.4 Å². The first-order valence-electron chi connectivity index (χ1n) is 4.87. The van der Waals surface area contributed by atoms with Gasteiger partial charge in [0.05, 0.1) is 30.9 Å². The summed E-state index contributed by atoms with van der Waals surface area (Å²) in [5, 5.41) is 0. The lowest BCUT2D eigenvalue weighted by molar-refractivity contribution is 0.0601. The van der Waals surface area contributed by atoms with E-state index in [0.717, 1.165) is 11.3 Å². The molecule has 82 valence electrons. The van der Waals surface area contributed by atoms with Crippen LogP contribution in [0.5, 0.6) is 0 Å². The fourth-order valence-electron chi connectivity index (χ4n) is 1.53. The Morgan fingerprint density at radius 2 is 2.00 bits per heavy atom. The predicted octanol–water partition coefficient (Wildman–Crippen LogP) is 1.87. The van der Waals surface area contributed by atoms with Crippen molar-refractivity contribution < 1.29 is 9.53 Å². The van der Waals surface area contributed by atoms with Crippen LogP contribution >= 0.6 is 0 Å². The van der Waals surface area contributed by atoms with Gasteiger partial charge >= 0.3 is 5.97 Å². The Bertz CT molecular complexity index is 500. The van der Waals surface area contributed by atoms with Gasteiger partial charge in [-0.3, -0.25) is 0 Å². The number of aryl methyl sites for hydroxylation is 1. The van der Waals surface area contributed by atoms with Gasteiger partial charge in [0.2, 0.25) is 0 Å². The van der Waals surface area contributed by atoms with E-state index in [4.69, 9.17) is 0 Å². The third-order valence-electron chi connectivity index (χ3n) is 2.42. The predicted molar refractivity (Wildman–Crippen MR) is 60.0 cm³/mol. The van der Waals surface area contributed by atoms with E-state index >= 15 is 0 Å². The molecular formula is C12H12N2O2. The van der Waals surface area contributed by atoms with E-state index < -0.39 is 0 Å². The topological polar surface area (TPSA) is 44.1 Å². The highest BCUT2D eigenvalue weighted by Gasteiger charge is 2.06. The second kappa shape index (κ2) is 4.18. The monoisotopic (exact) mass is 216 g/mol. The molecule has 0 aliphatic heterocycles. The molecule has 0 aliphatic carbocycles. The van der Waals surface area contributed by atoms with Crippen molar-refractivity contribution in [3.8, 4) is 11.3 Å². The van der Waals surface area contributed by atoms with Crippen molar-refractivity contribution >= 4 is 5.97 Å². The second-order valence-electron chi connectivity index (χ2n) is 3.46. The Labute approximate surface area is 93.5 Å². The summed E-state index contributed by atoms with van der Waals surface area (Å²) in [6, 6.07) is 7.24. The minimum atomic E-state index is -0.323. The number of carbonyl (C=O) groups excluding carboxylic acids is 1. The van der Waals surface area contributed by atoms with Gasteiger partial charge in [-0.1, -0.05) is 12.1 Å². The molecule has 0 atom stereocenters. The molecule has 0 saturated heterocycles. The van der Waals surface area contributed by atoms with Crippen molar-refractivity contribution in [2.45, 2.75) is 0 Å². The third kappa shape index (κ3) is 1.82. The molecule has 0 unspecified atom stereocenters. The van der Waals surface area contributed by atoms with Gasteiger partial charge in [-0.2, -0.15) is 0 Å². The molecule has 2 rings (SSSR count). The quantitative estimate of drug-likeness (QED) is 0.720. The van der Waals surface area contributed by atoms with Crippen LogP contribution in [0, 0.1) is 0 Å². The Kier molecular flexibility index (Phi) is 2.72. The largest absolute Gasteiger partial charge is 0.465 e. The summed E-state index contributed by atoms with van der Waals surface area (Å²) < 4.78 is 6.56. The van der Waals surface area contributed by atoms with E-state index in [1.165, 1.54) is 7.11 Å². The Hall–Kier alpha value is -2.10. The Morgan fingerprint density at radius 3 is 2.50 bits per heavy atom. The first kappa shape index (κ1) is 10.4. The molecule has 1 heterocycles. The van der Waals surface area contributed by atoms with Crippen LogP contribution in [-0.4, -0.2) is 22.6 Å². The average Bonchev–Trinajstić information content (AvgIpc) is 2.75. The molecule has 1 aromatic carbocycles. The van der Waals surface area contributed by atoms with Crippen LogP contribution in [0.4, 0.5) is 0 Å². The average molecular weight is 216 g/mol. The van der Waals surface area contributed by atoms with Crippen LogP contribution in [0.25, 0.3) is 11.3 Å². The highest BCUT2D eigenvalue weighted by molar-refractivity contribution is 5.89. The highest BCUT2D eigenvalue weighted by atomic mass is 16.5. The molecule has 16 heavy (non-hydrogen) atoms. The maximum atomic E-state index is 11.2. The Balaban J connectivity index is 2.33. The maximum Gasteiger partial charge on any atom is 0.337 e. The number of hydrogen-bond acceptors (Lipinski definition) is 3. The summed E-state index contributed by atoms with van der Waals surface area (Å²) in [4.78, 5) is 15.3. The number of hydrogen-bond donors (Lipinski definition) is 0. The number of aromatic nitrogens is 2. The number of methoxy groups -OCH3 is 1. The van der Waals surface area contributed by atoms with E-state index in [1.54, 1.807) is 24.7 Å². The first-order valence-corrected chi connectivity index (χ1v) is 4.87. The van der Waals surface area contributed by atoms with E-state index in [2.05, 4.69) is 9.72 Å². The molecule has 0 amide bonds. The standard InChI is InChI=1S/C12H12N2O2/c1-14-8-13-7-11(14)9-3-5-10(6-4-9)12(15)16-2/h3-8H,1-2H3. The van der Waals surface area contributed by atoms with Crippen molar-refractivity contribution in [1.82, 2.24) is 9.55 Å². The van der Waals surface area contributed by atoms with Gasteiger partial charge < -0.3 is 9.30 Å². The molecule has 0 bridgehead atoms. The maximum absolute atomic E-state index is 11.2. The van der Waals surface area contributed by atoms with Crippen LogP contribution in [0.15, 0.2) is 36.8 Å². The fraction of sp³-hybridized carbons (Fsp3) is 0.167. The lowest BCUT2D eigenvalue weighted by atomic mass is 10.1. The van der Waals surface area contributed by atoms with Gasteiger partial charge in [-0.15, -0.1) is 0 Å². The van der Waals surface area contributed by atoms with Crippen molar-refractivity contribution in [2.75, 3.05) is 7.11 Å². The zero-order chi connectivity index (χ0) is 11.5. The molecule has 0 N–H and O–H groups in total. The molecule has 4 nitrogen and oxygen atoms in total. The number of ether oxygens (including phenoxy) is 1. The number of rotatable bonds is 2. The van der Waals surface area contributed by atoms with E-state index in [0.29, 0.717) is 5.56 Å². The summed E-state index contributed by atoms with van der Waals surface area (Å²) >= 11 is 0. The molecule has 1 aromatic heterocycles. The van der Waals surface area contributed by atoms with Crippen molar-refractivity contribution in [1.29, 1.82) is 0 Å². The van der Waals surface area contributed by atoms with Crippen LogP contribution in [0.2, 0.25) is 0 Å². The number of imidazole rings is 1. The van der Waals surface area contributed by atoms with E-state index in [1.807, 2.05) is 23.7 Å². The number of benzene rings is 1. The molecule has 0 fully saturated rings. The van der Waals surface area contributed by atoms with Gasteiger partial charge in [0.15, 0.2) is 0 Å². The molecule has 2 aromatic rings. The number of nitrogens with zero attached hydrogens (tertiary/aromatic N) is 2. The lowest BCUT2D eigenvalue weighted by Gasteiger charge is -2.03. The second-order valence-corrected chi connectivity index (χ2v) is 3.46. The SMILES string of the molecule is COC(=O)c1ccc(-c2cncn2C)cc1. The minimum absolute atomic E-state index is 0.323. The van der Waals surface area contributed by atoms with Gasteiger partial charge in [-0.05, 0) is 17.7 Å². The molecule has 0 saturated carbocycles. The molecule has 4 heteroatoms. The Morgan fingerprint density at radius 1 is 1.31 bits per heavy atom. The smallest absolute Gasteiger partial charge is 0.337 e. The van der Waals surface area contributed by atoms with Crippen LogP contribution in [0.3, 0.4) is 0 Å². The third-order valence-corrected chi connectivity index (χ3v) is 2.42.